The van der Waals surface area contributed by atoms with E-state index in [1.54, 1.807) is 0 Å². The van der Waals surface area contributed by atoms with E-state index in [-0.39, 0.29) is 16.5 Å². The van der Waals surface area contributed by atoms with E-state index in [4.69, 9.17) is 0 Å². The van der Waals surface area contributed by atoms with Crippen LogP contribution >= 0.6 is 11.3 Å². The lowest BCUT2D eigenvalue weighted by Crippen LogP contribution is -2.01. The first-order valence-electron chi connectivity index (χ1n) is 4.33. The van der Waals surface area contributed by atoms with Gasteiger partial charge in [0.2, 0.25) is 0 Å². The minimum absolute atomic E-state index is 0.0613. The van der Waals surface area contributed by atoms with Crippen molar-refractivity contribution in [2.75, 3.05) is 7.11 Å². The van der Waals surface area contributed by atoms with E-state index in [1.807, 2.05) is 13.8 Å². The van der Waals surface area contributed by atoms with Crippen LogP contribution in [-0.2, 0) is 4.74 Å². The molecule has 0 aliphatic heterocycles. The third-order valence-electron chi connectivity index (χ3n) is 1.87. The lowest BCUT2D eigenvalue weighted by Gasteiger charge is -1.96. The molecule has 0 atom stereocenters. The van der Waals surface area contributed by atoms with E-state index in [9.17, 15) is 14.9 Å². The zero-order valence-corrected chi connectivity index (χ0v) is 9.46. The van der Waals surface area contributed by atoms with Crippen LogP contribution in [0.4, 0.5) is 5.69 Å². The molecule has 0 unspecified atom stereocenters. The predicted molar refractivity (Wildman–Crippen MR) is 56.4 cm³/mol. The van der Waals surface area contributed by atoms with Crippen molar-refractivity contribution in [3.8, 4) is 0 Å². The summed E-state index contributed by atoms with van der Waals surface area (Å²) in [4.78, 5) is 22.2. The molecule has 5 nitrogen and oxygen atoms in total. The van der Waals surface area contributed by atoms with Crippen LogP contribution in [0.15, 0.2) is 6.07 Å². The Kier molecular flexibility index (Phi) is 3.41. The topological polar surface area (TPSA) is 69.4 Å². The largest absolute Gasteiger partial charge is 0.465 e. The van der Waals surface area contributed by atoms with Crippen molar-refractivity contribution in [1.82, 2.24) is 0 Å². The van der Waals surface area contributed by atoms with Gasteiger partial charge in [-0.3, -0.25) is 10.1 Å². The number of esters is 1. The molecule has 0 aliphatic rings. The van der Waals surface area contributed by atoms with Gasteiger partial charge in [-0.05, 0) is 5.92 Å². The summed E-state index contributed by atoms with van der Waals surface area (Å²) in [5, 5.41) is 10.7. The minimum atomic E-state index is -0.654. The lowest BCUT2D eigenvalue weighted by molar-refractivity contribution is -0.384. The first kappa shape index (κ1) is 11.6. The minimum Gasteiger partial charge on any atom is -0.465 e. The van der Waals surface area contributed by atoms with E-state index in [2.05, 4.69) is 4.74 Å². The Balaban J connectivity index is 3.23. The fourth-order valence-corrected chi connectivity index (χ4v) is 2.11. The van der Waals surface area contributed by atoms with E-state index < -0.39 is 10.9 Å². The highest BCUT2D eigenvalue weighted by atomic mass is 32.1. The van der Waals surface area contributed by atoms with Gasteiger partial charge in [-0.1, -0.05) is 13.8 Å². The Labute approximate surface area is 90.8 Å². The number of carbonyl (C=O) groups excluding carboxylic acids is 1. The third kappa shape index (κ3) is 2.33. The van der Waals surface area contributed by atoms with Crippen LogP contribution in [0.5, 0.6) is 0 Å². The summed E-state index contributed by atoms with van der Waals surface area (Å²) in [6.45, 7) is 3.83. The summed E-state index contributed by atoms with van der Waals surface area (Å²) in [5.74, 6) is -0.495. The summed E-state index contributed by atoms with van der Waals surface area (Å²) >= 11 is 1.11. The molecule has 6 heteroatoms. The summed E-state index contributed by atoms with van der Waals surface area (Å²) in [7, 11) is 1.21. The van der Waals surface area contributed by atoms with Gasteiger partial charge < -0.3 is 4.74 Å². The van der Waals surface area contributed by atoms with Crippen molar-refractivity contribution >= 4 is 23.0 Å². The van der Waals surface area contributed by atoms with E-state index in [0.29, 0.717) is 0 Å². The molecule has 0 saturated carbocycles. The van der Waals surface area contributed by atoms with Crippen LogP contribution in [0.25, 0.3) is 0 Å². The van der Waals surface area contributed by atoms with Gasteiger partial charge in [0, 0.05) is 10.9 Å². The Morgan fingerprint density at radius 1 is 1.60 bits per heavy atom. The molecule has 0 aromatic carbocycles. The molecule has 0 amide bonds. The highest BCUT2D eigenvalue weighted by molar-refractivity contribution is 7.14. The van der Waals surface area contributed by atoms with E-state index >= 15 is 0 Å². The normalized spacial score (nSPS) is 10.4. The molecule has 82 valence electrons. The van der Waals surface area contributed by atoms with Crippen molar-refractivity contribution < 1.29 is 14.5 Å². The van der Waals surface area contributed by atoms with Crippen LogP contribution in [0.1, 0.15) is 34.3 Å². The smallest absolute Gasteiger partial charge is 0.355 e. The van der Waals surface area contributed by atoms with Crippen LogP contribution in [-0.4, -0.2) is 18.0 Å². The molecule has 0 N–H and O–H groups in total. The fraction of sp³-hybridized carbons (Fsp3) is 0.444. The van der Waals surface area contributed by atoms with Gasteiger partial charge >= 0.3 is 5.97 Å². The van der Waals surface area contributed by atoms with Gasteiger partial charge in [0.25, 0.3) is 5.69 Å². The van der Waals surface area contributed by atoms with Gasteiger partial charge in [0.05, 0.1) is 12.0 Å². The molecule has 0 bridgehead atoms. The number of methoxy groups -OCH3 is 1. The molecule has 1 aromatic heterocycles. The first-order chi connectivity index (χ1) is 6.97. The Hall–Kier alpha value is -1.43. The summed E-state index contributed by atoms with van der Waals surface area (Å²) in [5.41, 5.74) is -0.171. The van der Waals surface area contributed by atoms with E-state index in [1.165, 1.54) is 13.2 Å². The molecule has 1 aromatic rings. The molecule has 0 aliphatic carbocycles. The van der Waals surface area contributed by atoms with Crippen LogP contribution in [0.2, 0.25) is 0 Å². The number of rotatable bonds is 3. The van der Waals surface area contributed by atoms with Crippen molar-refractivity contribution in [3.05, 3.63) is 25.9 Å². The maximum atomic E-state index is 11.3. The average Bonchev–Trinajstić information content (AvgIpc) is 2.61. The van der Waals surface area contributed by atoms with E-state index in [0.717, 1.165) is 16.2 Å². The maximum Gasteiger partial charge on any atom is 0.355 e. The third-order valence-corrected chi connectivity index (χ3v) is 3.27. The van der Waals surface area contributed by atoms with Crippen molar-refractivity contribution in [3.63, 3.8) is 0 Å². The molecule has 1 heterocycles. The highest BCUT2D eigenvalue weighted by Crippen LogP contribution is 2.33. The SMILES string of the molecule is COC(=O)c1sc(C(C)C)cc1[N+](=O)[O-]. The lowest BCUT2D eigenvalue weighted by atomic mass is 10.2. The van der Waals surface area contributed by atoms with Crippen LogP contribution in [0.3, 0.4) is 0 Å². The fourth-order valence-electron chi connectivity index (χ4n) is 1.06. The Bertz CT molecular complexity index is 397. The molecule has 0 fully saturated rings. The monoisotopic (exact) mass is 229 g/mol. The van der Waals surface area contributed by atoms with Crippen molar-refractivity contribution in [1.29, 1.82) is 0 Å². The number of hydrogen-bond donors (Lipinski definition) is 0. The Morgan fingerprint density at radius 3 is 2.60 bits per heavy atom. The van der Waals surface area contributed by atoms with Gasteiger partial charge in [-0.25, -0.2) is 4.79 Å². The highest BCUT2D eigenvalue weighted by Gasteiger charge is 2.26. The molecule has 0 spiro atoms. The second-order valence-corrected chi connectivity index (χ2v) is 4.35. The summed E-state index contributed by atoms with van der Waals surface area (Å²) in [6.07, 6.45) is 0. The second kappa shape index (κ2) is 4.39. The van der Waals surface area contributed by atoms with Crippen molar-refractivity contribution in [2.24, 2.45) is 0 Å². The number of nitrogens with zero attached hydrogens (tertiary/aromatic N) is 1. The molecule has 0 radical (unpaired) electrons. The van der Waals surface area contributed by atoms with Gasteiger partial charge in [0.15, 0.2) is 4.88 Å². The number of thiophene rings is 1. The molecule has 1 rings (SSSR count). The standard InChI is InChI=1S/C9H11NO4S/c1-5(2)7-4-6(10(12)13)8(15-7)9(11)14-3/h4-5H,1-3H3. The summed E-state index contributed by atoms with van der Waals surface area (Å²) < 4.78 is 4.49. The van der Waals surface area contributed by atoms with Crippen LogP contribution < -0.4 is 0 Å². The van der Waals surface area contributed by atoms with Crippen molar-refractivity contribution in [2.45, 2.75) is 19.8 Å². The summed E-state index contributed by atoms with van der Waals surface area (Å²) in [6, 6.07) is 1.43. The zero-order chi connectivity index (χ0) is 11.6. The van der Waals surface area contributed by atoms with Gasteiger partial charge in [-0.2, -0.15) is 0 Å². The Morgan fingerprint density at radius 2 is 2.20 bits per heavy atom. The van der Waals surface area contributed by atoms with Crippen LogP contribution in [0, 0.1) is 10.1 Å². The second-order valence-electron chi connectivity index (χ2n) is 3.27. The first-order valence-corrected chi connectivity index (χ1v) is 5.15. The number of nitro groups is 1. The average molecular weight is 229 g/mol. The number of carbonyl (C=O) groups is 1. The maximum absolute atomic E-state index is 11.3. The zero-order valence-electron chi connectivity index (χ0n) is 8.64. The number of ether oxygens (including phenoxy) is 1. The molecular weight excluding hydrogens is 218 g/mol. The number of hydrogen-bond acceptors (Lipinski definition) is 5. The molecule has 15 heavy (non-hydrogen) atoms. The quantitative estimate of drug-likeness (QED) is 0.453. The predicted octanol–water partition coefficient (Wildman–Crippen LogP) is 2.57. The molecule has 0 saturated heterocycles. The van der Waals surface area contributed by atoms with Gasteiger partial charge in [0.1, 0.15) is 0 Å². The van der Waals surface area contributed by atoms with Gasteiger partial charge in [-0.15, -0.1) is 11.3 Å². The molecular formula is C9H11NO4S.